The quantitative estimate of drug-likeness (QED) is 0.421. The van der Waals surface area contributed by atoms with Gasteiger partial charge in [0.1, 0.15) is 6.04 Å². The molecule has 35 heavy (non-hydrogen) atoms. The second-order valence-electron chi connectivity index (χ2n) is 9.29. The average Bonchev–Trinajstić information content (AvgIpc) is 3.41. The summed E-state index contributed by atoms with van der Waals surface area (Å²) in [6.45, 7) is 3.23. The molecular formula is C29H35N3O3. The van der Waals surface area contributed by atoms with Crippen LogP contribution in [-0.2, 0) is 20.7 Å². The lowest BCUT2D eigenvalue weighted by molar-refractivity contribution is -0.130. The van der Waals surface area contributed by atoms with Gasteiger partial charge in [-0.3, -0.25) is 9.59 Å². The molecule has 6 nitrogen and oxygen atoms in total. The standard InChI is InChI=1S/C29H35N3O3/c1-20(23-15-14-22-11-6-7-12-24(22)18-23)27(30-2)29(34)32-26(17-21-9-4-3-5-10-21)28(33)31-19-25-13-8-16-35-25/h3-7,9-12,14-15,18,20,25-27,30H,8,13,16-17,19H2,1-2H3,(H,31,33)(H,32,34)/t20?,25?,26-,27?/m1/s1. The van der Waals surface area contributed by atoms with Gasteiger partial charge in [0, 0.05) is 25.5 Å². The largest absolute Gasteiger partial charge is 0.376 e. The minimum Gasteiger partial charge on any atom is -0.376 e. The maximum absolute atomic E-state index is 13.4. The highest BCUT2D eigenvalue weighted by Gasteiger charge is 2.30. The van der Waals surface area contributed by atoms with Gasteiger partial charge >= 0.3 is 0 Å². The third-order valence-corrected chi connectivity index (χ3v) is 6.84. The van der Waals surface area contributed by atoms with Crippen LogP contribution in [0.15, 0.2) is 72.8 Å². The summed E-state index contributed by atoms with van der Waals surface area (Å²) < 4.78 is 5.64. The molecule has 0 spiro atoms. The summed E-state index contributed by atoms with van der Waals surface area (Å²) in [6, 6.07) is 23.1. The molecule has 1 fully saturated rings. The molecule has 4 rings (SSSR count). The van der Waals surface area contributed by atoms with Crippen LogP contribution < -0.4 is 16.0 Å². The molecule has 184 valence electrons. The minimum absolute atomic E-state index is 0.0463. The van der Waals surface area contributed by atoms with Gasteiger partial charge in [0.05, 0.1) is 12.1 Å². The first kappa shape index (κ1) is 24.9. The maximum atomic E-state index is 13.4. The van der Waals surface area contributed by atoms with Gasteiger partial charge in [0.25, 0.3) is 0 Å². The summed E-state index contributed by atoms with van der Waals surface area (Å²) >= 11 is 0. The molecular weight excluding hydrogens is 438 g/mol. The molecule has 0 bridgehead atoms. The van der Waals surface area contributed by atoms with Gasteiger partial charge in [-0.05, 0) is 41.8 Å². The van der Waals surface area contributed by atoms with Crippen molar-refractivity contribution < 1.29 is 14.3 Å². The molecule has 1 aliphatic heterocycles. The molecule has 2 amide bonds. The van der Waals surface area contributed by atoms with Crippen molar-refractivity contribution in [3.63, 3.8) is 0 Å². The topological polar surface area (TPSA) is 79.5 Å². The fourth-order valence-corrected chi connectivity index (χ4v) is 4.76. The Balaban J connectivity index is 1.47. The van der Waals surface area contributed by atoms with Gasteiger partial charge in [-0.15, -0.1) is 0 Å². The van der Waals surface area contributed by atoms with E-state index in [-0.39, 0.29) is 23.8 Å². The molecule has 3 aromatic rings. The molecule has 3 N–H and O–H groups in total. The molecule has 1 saturated heterocycles. The Hall–Kier alpha value is -3.22. The molecule has 0 radical (unpaired) electrons. The summed E-state index contributed by atoms with van der Waals surface area (Å²) in [5, 5.41) is 11.5. The second kappa shape index (κ2) is 12.0. The summed E-state index contributed by atoms with van der Waals surface area (Å²) in [7, 11) is 1.78. The Labute approximate surface area is 207 Å². The Bertz CT molecular complexity index is 1130. The van der Waals surface area contributed by atoms with E-state index in [0.717, 1.165) is 36.0 Å². The van der Waals surface area contributed by atoms with Gasteiger partial charge in [-0.1, -0.05) is 79.7 Å². The molecule has 1 heterocycles. The van der Waals surface area contributed by atoms with E-state index in [0.29, 0.717) is 13.0 Å². The number of ether oxygens (including phenoxy) is 1. The molecule has 4 atom stereocenters. The fraction of sp³-hybridized carbons (Fsp3) is 0.379. The number of nitrogens with one attached hydrogen (secondary N) is 3. The molecule has 0 aromatic heterocycles. The first-order chi connectivity index (χ1) is 17.0. The van der Waals surface area contributed by atoms with Crippen LogP contribution in [0.4, 0.5) is 0 Å². The lowest BCUT2D eigenvalue weighted by Gasteiger charge is -2.27. The fourth-order valence-electron chi connectivity index (χ4n) is 4.76. The predicted molar refractivity (Wildman–Crippen MR) is 139 cm³/mol. The first-order valence-corrected chi connectivity index (χ1v) is 12.4. The van der Waals surface area contributed by atoms with Gasteiger partial charge < -0.3 is 20.7 Å². The van der Waals surface area contributed by atoms with Crippen molar-refractivity contribution in [3.8, 4) is 0 Å². The van der Waals surface area contributed by atoms with E-state index >= 15 is 0 Å². The summed E-state index contributed by atoms with van der Waals surface area (Å²) in [4.78, 5) is 26.6. The minimum atomic E-state index is -0.675. The summed E-state index contributed by atoms with van der Waals surface area (Å²) in [6.07, 6.45) is 2.43. The normalized spacial score (nSPS) is 18.1. The zero-order valence-corrected chi connectivity index (χ0v) is 20.5. The number of hydrogen-bond acceptors (Lipinski definition) is 4. The average molecular weight is 474 g/mol. The lowest BCUT2D eigenvalue weighted by Crippen LogP contribution is -2.54. The van der Waals surface area contributed by atoms with Crippen molar-refractivity contribution in [2.75, 3.05) is 20.2 Å². The van der Waals surface area contributed by atoms with Crippen LogP contribution in [0.3, 0.4) is 0 Å². The van der Waals surface area contributed by atoms with Crippen molar-refractivity contribution in [1.29, 1.82) is 0 Å². The third kappa shape index (κ3) is 6.47. The zero-order valence-electron chi connectivity index (χ0n) is 20.5. The molecule has 6 heteroatoms. The van der Waals surface area contributed by atoms with E-state index in [1.807, 2.05) is 49.4 Å². The summed E-state index contributed by atoms with van der Waals surface area (Å²) in [5.41, 5.74) is 2.06. The molecule has 0 aliphatic carbocycles. The van der Waals surface area contributed by atoms with Gasteiger partial charge in [0.2, 0.25) is 11.8 Å². The molecule has 0 saturated carbocycles. The monoisotopic (exact) mass is 473 g/mol. The van der Waals surface area contributed by atoms with Crippen molar-refractivity contribution in [2.45, 2.75) is 50.3 Å². The molecule has 1 aliphatic rings. The molecule has 3 aromatic carbocycles. The van der Waals surface area contributed by atoms with E-state index in [1.165, 1.54) is 5.39 Å². The van der Waals surface area contributed by atoms with Crippen LogP contribution in [0.5, 0.6) is 0 Å². The van der Waals surface area contributed by atoms with Crippen molar-refractivity contribution in [3.05, 3.63) is 83.9 Å². The smallest absolute Gasteiger partial charge is 0.243 e. The van der Waals surface area contributed by atoms with Crippen LogP contribution in [0, 0.1) is 0 Å². The van der Waals surface area contributed by atoms with E-state index in [9.17, 15) is 9.59 Å². The summed E-state index contributed by atoms with van der Waals surface area (Å²) in [5.74, 6) is -0.468. The van der Waals surface area contributed by atoms with Crippen LogP contribution >= 0.6 is 0 Å². The molecule has 3 unspecified atom stereocenters. The Kier molecular flexibility index (Phi) is 8.50. The van der Waals surface area contributed by atoms with Crippen molar-refractivity contribution >= 4 is 22.6 Å². The highest BCUT2D eigenvalue weighted by molar-refractivity contribution is 5.91. The first-order valence-electron chi connectivity index (χ1n) is 12.4. The van der Waals surface area contributed by atoms with E-state index in [2.05, 4.69) is 46.3 Å². The number of carbonyl (C=O) groups is 2. The Morgan fingerprint density at radius 3 is 2.43 bits per heavy atom. The van der Waals surface area contributed by atoms with Crippen LogP contribution in [0.25, 0.3) is 10.8 Å². The van der Waals surface area contributed by atoms with Gasteiger partial charge in [-0.25, -0.2) is 0 Å². The zero-order chi connectivity index (χ0) is 24.6. The predicted octanol–water partition coefficient (Wildman–Crippen LogP) is 3.55. The SMILES string of the molecule is CNC(C(=O)N[C@H](Cc1ccccc1)C(=O)NCC1CCCO1)C(C)c1ccc2ccccc2c1. The van der Waals surface area contributed by atoms with Crippen LogP contribution in [-0.4, -0.2) is 50.2 Å². The van der Waals surface area contributed by atoms with Crippen LogP contribution in [0.1, 0.15) is 36.8 Å². The third-order valence-electron chi connectivity index (χ3n) is 6.84. The highest BCUT2D eigenvalue weighted by atomic mass is 16.5. The van der Waals surface area contributed by atoms with Gasteiger partial charge in [-0.2, -0.15) is 0 Å². The maximum Gasteiger partial charge on any atom is 0.243 e. The van der Waals surface area contributed by atoms with E-state index in [4.69, 9.17) is 4.74 Å². The number of carbonyl (C=O) groups excluding carboxylic acids is 2. The number of benzene rings is 3. The van der Waals surface area contributed by atoms with Gasteiger partial charge in [0.15, 0.2) is 0 Å². The lowest BCUT2D eigenvalue weighted by atomic mass is 9.90. The number of fused-ring (bicyclic) bond motifs is 1. The number of likely N-dealkylation sites (N-methyl/N-ethyl adjacent to an activating group) is 1. The van der Waals surface area contributed by atoms with E-state index < -0.39 is 12.1 Å². The number of amides is 2. The number of rotatable bonds is 10. The Morgan fingerprint density at radius 2 is 1.71 bits per heavy atom. The van der Waals surface area contributed by atoms with Crippen LogP contribution in [0.2, 0.25) is 0 Å². The van der Waals surface area contributed by atoms with Crippen molar-refractivity contribution in [2.24, 2.45) is 0 Å². The number of hydrogen-bond donors (Lipinski definition) is 3. The Morgan fingerprint density at radius 1 is 0.971 bits per heavy atom. The highest BCUT2D eigenvalue weighted by Crippen LogP contribution is 2.24. The van der Waals surface area contributed by atoms with Crippen molar-refractivity contribution in [1.82, 2.24) is 16.0 Å². The second-order valence-corrected chi connectivity index (χ2v) is 9.29. The van der Waals surface area contributed by atoms with E-state index in [1.54, 1.807) is 7.05 Å².